The molecule has 1 aromatic heterocycles. The number of anilines is 1. The number of rotatable bonds is 8. The highest BCUT2D eigenvalue weighted by atomic mass is 35.5. The van der Waals surface area contributed by atoms with E-state index >= 15 is 0 Å². The van der Waals surface area contributed by atoms with Crippen LogP contribution in [0.3, 0.4) is 0 Å². The van der Waals surface area contributed by atoms with Crippen LogP contribution in [0.1, 0.15) is 12.0 Å². The van der Waals surface area contributed by atoms with E-state index in [1.807, 2.05) is 18.2 Å². The van der Waals surface area contributed by atoms with Crippen LogP contribution in [-0.4, -0.2) is 72.6 Å². The van der Waals surface area contributed by atoms with Crippen LogP contribution >= 0.6 is 11.6 Å². The lowest BCUT2D eigenvalue weighted by Gasteiger charge is -2.18. The van der Waals surface area contributed by atoms with Crippen LogP contribution < -0.4 is 10.6 Å². The van der Waals surface area contributed by atoms with Gasteiger partial charge in [-0.1, -0.05) is 29.8 Å². The first kappa shape index (κ1) is 22.3. The van der Waals surface area contributed by atoms with Crippen LogP contribution in [-0.2, 0) is 26.0 Å². The van der Waals surface area contributed by atoms with Crippen molar-refractivity contribution in [3.8, 4) is 0 Å². The third-order valence-corrected chi connectivity index (χ3v) is 6.82. The molecule has 9 nitrogen and oxygen atoms in total. The number of aromatic nitrogens is 2. The Morgan fingerprint density at radius 3 is 2.67 bits per heavy atom. The number of sulfone groups is 1. The Labute approximate surface area is 180 Å². The number of carbonyl (C=O) groups excluding carboxylic acids is 2. The summed E-state index contributed by atoms with van der Waals surface area (Å²) in [6.07, 6.45) is 2.01. The van der Waals surface area contributed by atoms with E-state index in [1.165, 1.54) is 0 Å². The first-order valence-electron chi connectivity index (χ1n) is 9.45. The molecule has 2 amide bonds. The average molecular weight is 454 g/mol. The standard InChI is InChI=1S/C19H24ClN5O4S/c1-24(11-18(26)22-15-7-9-30(28,29)13-15)12-19(27)23-17-6-8-21-25(17)10-14-4-2-3-5-16(14)20/h2-6,8,15H,7,9-13H2,1H3,(H,22,26)(H,23,27). The maximum atomic E-state index is 12.4. The fourth-order valence-corrected chi connectivity index (χ4v) is 5.13. The number of benzene rings is 1. The molecule has 0 radical (unpaired) electrons. The molecule has 11 heteroatoms. The molecule has 2 N–H and O–H groups in total. The lowest BCUT2D eigenvalue weighted by molar-refractivity contribution is -0.123. The molecule has 2 aromatic rings. The van der Waals surface area contributed by atoms with Crippen molar-refractivity contribution in [1.82, 2.24) is 20.0 Å². The van der Waals surface area contributed by atoms with Crippen molar-refractivity contribution < 1.29 is 18.0 Å². The quantitative estimate of drug-likeness (QED) is 0.610. The number of halogens is 1. The second-order valence-corrected chi connectivity index (χ2v) is 9.99. The van der Waals surface area contributed by atoms with E-state index in [0.717, 1.165) is 5.56 Å². The van der Waals surface area contributed by atoms with Gasteiger partial charge < -0.3 is 10.6 Å². The zero-order valence-electron chi connectivity index (χ0n) is 16.5. The molecule has 162 valence electrons. The van der Waals surface area contributed by atoms with Gasteiger partial charge in [-0.15, -0.1) is 0 Å². The topological polar surface area (TPSA) is 113 Å². The van der Waals surface area contributed by atoms with Gasteiger partial charge in [0.15, 0.2) is 9.84 Å². The molecule has 0 spiro atoms. The molecular formula is C19H24ClN5O4S. The van der Waals surface area contributed by atoms with Gasteiger partial charge in [-0.25, -0.2) is 13.1 Å². The van der Waals surface area contributed by atoms with E-state index in [0.29, 0.717) is 23.8 Å². The Balaban J connectivity index is 1.48. The number of carbonyl (C=O) groups is 2. The highest BCUT2D eigenvalue weighted by molar-refractivity contribution is 7.91. The van der Waals surface area contributed by atoms with E-state index in [2.05, 4.69) is 15.7 Å². The summed E-state index contributed by atoms with van der Waals surface area (Å²) in [4.78, 5) is 26.0. The number of nitrogens with zero attached hydrogens (tertiary/aromatic N) is 3. The van der Waals surface area contributed by atoms with Gasteiger partial charge in [-0.3, -0.25) is 14.5 Å². The highest BCUT2D eigenvalue weighted by Crippen LogP contribution is 2.18. The van der Waals surface area contributed by atoms with Gasteiger partial charge in [0, 0.05) is 17.1 Å². The number of likely N-dealkylation sites (N-methyl/N-ethyl adjacent to an activating group) is 1. The van der Waals surface area contributed by atoms with Gasteiger partial charge in [0.2, 0.25) is 11.8 Å². The number of nitrogens with one attached hydrogen (secondary N) is 2. The lowest BCUT2D eigenvalue weighted by Crippen LogP contribution is -2.43. The van der Waals surface area contributed by atoms with Crippen LogP contribution in [0, 0.1) is 0 Å². The number of hydrogen-bond acceptors (Lipinski definition) is 6. The van der Waals surface area contributed by atoms with E-state index in [4.69, 9.17) is 11.6 Å². The third-order valence-electron chi connectivity index (χ3n) is 4.69. The smallest absolute Gasteiger partial charge is 0.239 e. The molecule has 1 aromatic carbocycles. The summed E-state index contributed by atoms with van der Waals surface area (Å²) in [5.41, 5.74) is 0.876. The minimum absolute atomic E-state index is 0.00629. The largest absolute Gasteiger partial charge is 0.351 e. The first-order chi connectivity index (χ1) is 14.2. The van der Waals surface area contributed by atoms with Gasteiger partial charge in [-0.05, 0) is 25.1 Å². The van der Waals surface area contributed by atoms with Gasteiger partial charge in [0.25, 0.3) is 0 Å². The SMILES string of the molecule is CN(CC(=O)Nc1ccnn1Cc1ccccc1Cl)CC(=O)NC1CCS(=O)(=O)C1. The molecule has 1 aliphatic heterocycles. The normalized spacial score (nSPS) is 17.8. The molecule has 0 aliphatic carbocycles. The Kier molecular flexibility index (Phi) is 7.11. The fraction of sp³-hybridized carbons (Fsp3) is 0.421. The predicted molar refractivity (Wildman–Crippen MR) is 114 cm³/mol. The summed E-state index contributed by atoms with van der Waals surface area (Å²) in [5, 5.41) is 10.3. The third kappa shape index (κ3) is 6.28. The van der Waals surface area contributed by atoms with Crippen molar-refractivity contribution in [2.24, 2.45) is 0 Å². The highest BCUT2D eigenvalue weighted by Gasteiger charge is 2.29. The minimum Gasteiger partial charge on any atom is -0.351 e. The molecule has 1 fully saturated rings. The minimum atomic E-state index is -3.06. The molecule has 1 atom stereocenters. The van der Waals surface area contributed by atoms with Crippen molar-refractivity contribution >= 4 is 39.1 Å². The Morgan fingerprint density at radius 2 is 1.97 bits per heavy atom. The van der Waals surface area contributed by atoms with E-state index in [9.17, 15) is 18.0 Å². The Morgan fingerprint density at radius 1 is 1.23 bits per heavy atom. The second kappa shape index (κ2) is 9.59. The summed E-state index contributed by atoms with van der Waals surface area (Å²) in [5.74, 6) is -0.0177. The van der Waals surface area contributed by atoms with E-state index in [-0.39, 0.29) is 42.5 Å². The van der Waals surface area contributed by atoms with Crippen molar-refractivity contribution in [2.45, 2.75) is 19.0 Å². The maximum absolute atomic E-state index is 12.4. The van der Waals surface area contributed by atoms with Crippen LogP contribution in [0.4, 0.5) is 5.82 Å². The monoisotopic (exact) mass is 453 g/mol. The van der Waals surface area contributed by atoms with Crippen molar-refractivity contribution in [3.05, 3.63) is 47.1 Å². The zero-order chi connectivity index (χ0) is 21.7. The van der Waals surface area contributed by atoms with Crippen LogP contribution in [0.5, 0.6) is 0 Å². The average Bonchev–Trinajstić information content (AvgIpc) is 3.22. The molecule has 1 saturated heterocycles. The van der Waals surface area contributed by atoms with Crippen LogP contribution in [0.15, 0.2) is 36.5 Å². The lowest BCUT2D eigenvalue weighted by atomic mass is 10.2. The summed E-state index contributed by atoms with van der Waals surface area (Å²) >= 11 is 6.19. The predicted octanol–water partition coefficient (Wildman–Crippen LogP) is 0.758. The van der Waals surface area contributed by atoms with Gasteiger partial charge in [0.05, 0.1) is 37.3 Å². The molecule has 1 aliphatic rings. The Bertz CT molecular complexity index is 1020. The van der Waals surface area contributed by atoms with Gasteiger partial charge >= 0.3 is 0 Å². The number of hydrogen-bond donors (Lipinski definition) is 2. The van der Waals surface area contributed by atoms with E-state index < -0.39 is 9.84 Å². The summed E-state index contributed by atoms with van der Waals surface area (Å²) in [7, 11) is -1.41. The molecule has 0 saturated carbocycles. The molecular weight excluding hydrogens is 430 g/mol. The molecule has 2 heterocycles. The summed E-state index contributed by atoms with van der Waals surface area (Å²) < 4.78 is 24.6. The molecule has 1 unspecified atom stereocenters. The van der Waals surface area contributed by atoms with Crippen LogP contribution in [0.2, 0.25) is 5.02 Å². The molecule has 0 bridgehead atoms. The first-order valence-corrected chi connectivity index (χ1v) is 11.7. The van der Waals surface area contributed by atoms with Gasteiger partial charge in [-0.2, -0.15) is 5.10 Å². The van der Waals surface area contributed by atoms with Gasteiger partial charge in [0.1, 0.15) is 5.82 Å². The fourth-order valence-electron chi connectivity index (χ4n) is 3.26. The number of amides is 2. The second-order valence-electron chi connectivity index (χ2n) is 7.35. The molecule has 30 heavy (non-hydrogen) atoms. The Hall–Kier alpha value is -2.43. The van der Waals surface area contributed by atoms with Crippen LogP contribution in [0.25, 0.3) is 0 Å². The zero-order valence-corrected chi connectivity index (χ0v) is 18.1. The van der Waals surface area contributed by atoms with Crippen molar-refractivity contribution in [3.63, 3.8) is 0 Å². The van der Waals surface area contributed by atoms with Crippen molar-refractivity contribution in [2.75, 3.05) is 37.0 Å². The van der Waals surface area contributed by atoms with Crippen molar-refractivity contribution in [1.29, 1.82) is 0 Å². The van der Waals surface area contributed by atoms with E-state index in [1.54, 1.807) is 35.0 Å². The molecule has 3 rings (SSSR count). The maximum Gasteiger partial charge on any atom is 0.239 e. The summed E-state index contributed by atoms with van der Waals surface area (Å²) in [6, 6.07) is 8.72. The summed E-state index contributed by atoms with van der Waals surface area (Å²) in [6.45, 7) is 0.390.